The van der Waals surface area contributed by atoms with Crippen molar-refractivity contribution in [2.45, 2.75) is 31.6 Å². The molecule has 0 spiro atoms. The molecule has 20 heavy (non-hydrogen) atoms. The van der Waals surface area contributed by atoms with Gasteiger partial charge in [0.15, 0.2) is 0 Å². The minimum absolute atomic E-state index is 0.0597. The fourth-order valence-electron chi connectivity index (χ4n) is 1.84. The predicted octanol–water partition coefficient (Wildman–Crippen LogP) is 1.86. The molecule has 1 aliphatic rings. The summed E-state index contributed by atoms with van der Waals surface area (Å²) in [5.74, 6) is 0.0859. The van der Waals surface area contributed by atoms with Crippen LogP contribution in [0.1, 0.15) is 25.1 Å². The van der Waals surface area contributed by atoms with Gasteiger partial charge in [-0.3, -0.25) is 0 Å². The third kappa shape index (κ3) is 4.61. The van der Waals surface area contributed by atoms with Crippen molar-refractivity contribution in [2.75, 3.05) is 19.8 Å². The van der Waals surface area contributed by atoms with Gasteiger partial charge in [-0.15, -0.1) is 5.10 Å². The van der Waals surface area contributed by atoms with E-state index in [4.69, 9.17) is 9.47 Å². The van der Waals surface area contributed by atoms with Crippen molar-refractivity contribution in [2.24, 2.45) is 0 Å². The van der Waals surface area contributed by atoms with Crippen molar-refractivity contribution in [3.8, 4) is 5.88 Å². The summed E-state index contributed by atoms with van der Waals surface area (Å²) in [4.78, 5) is 0. The lowest BCUT2D eigenvalue weighted by molar-refractivity contribution is -0.139. The van der Waals surface area contributed by atoms with Gasteiger partial charge in [0, 0.05) is 12.1 Å². The molecule has 1 fully saturated rings. The van der Waals surface area contributed by atoms with E-state index in [0.717, 1.165) is 0 Å². The third-order valence-corrected chi connectivity index (χ3v) is 2.79. The average molecular weight is 291 g/mol. The Balaban J connectivity index is 1.86. The number of ether oxygens (including phenoxy) is 2. The Morgan fingerprint density at radius 1 is 1.35 bits per heavy atom. The van der Waals surface area contributed by atoms with Crippen LogP contribution in [0.25, 0.3) is 0 Å². The molecule has 1 N–H and O–H groups in total. The minimum Gasteiger partial charge on any atom is -0.476 e. The Labute approximate surface area is 114 Å². The van der Waals surface area contributed by atoms with Crippen molar-refractivity contribution in [3.63, 3.8) is 0 Å². The molecule has 2 rings (SSSR count). The Bertz CT molecular complexity index is 425. The van der Waals surface area contributed by atoms with Crippen LogP contribution < -0.4 is 10.1 Å². The van der Waals surface area contributed by atoms with Gasteiger partial charge in [0.2, 0.25) is 5.88 Å². The number of nitrogens with one attached hydrogen (secondary N) is 1. The maximum Gasteiger partial charge on any atom is 0.392 e. The highest BCUT2D eigenvalue weighted by molar-refractivity contribution is 5.14. The van der Waals surface area contributed by atoms with E-state index in [1.54, 1.807) is 6.07 Å². The summed E-state index contributed by atoms with van der Waals surface area (Å²) in [5.41, 5.74) is 0.680. The summed E-state index contributed by atoms with van der Waals surface area (Å²) in [6.45, 7) is 2.67. The fourth-order valence-corrected chi connectivity index (χ4v) is 1.84. The summed E-state index contributed by atoms with van der Waals surface area (Å²) < 4.78 is 46.2. The van der Waals surface area contributed by atoms with Crippen LogP contribution in [0.15, 0.2) is 12.1 Å². The van der Waals surface area contributed by atoms with Crippen LogP contribution >= 0.6 is 0 Å². The molecule has 8 heteroatoms. The van der Waals surface area contributed by atoms with Crippen molar-refractivity contribution in [3.05, 3.63) is 17.8 Å². The largest absolute Gasteiger partial charge is 0.476 e. The molecule has 2 heterocycles. The summed E-state index contributed by atoms with van der Waals surface area (Å²) in [6, 6.07) is 3.35. The van der Waals surface area contributed by atoms with E-state index in [2.05, 4.69) is 15.5 Å². The molecular formula is C12H16F3N3O2. The number of rotatable bonds is 4. The normalized spacial score (nSPS) is 23.6. The highest BCUT2D eigenvalue weighted by Gasteiger charge is 2.27. The zero-order valence-electron chi connectivity index (χ0n) is 11.0. The Kier molecular flexibility index (Phi) is 4.77. The van der Waals surface area contributed by atoms with Gasteiger partial charge in [0.05, 0.1) is 38.0 Å². The summed E-state index contributed by atoms with van der Waals surface area (Å²) >= 11 is 0. The molecule has 2 atom stereocenters. The molecule has 0 radical (unpaired) electrons. The van der Waals surface area contributed by atoms with Crippen molar-refractivity contribution in [1.82, 2.24) is 15.5 Å². The molecule has 1 aromatic rings. The van der Waals surface area contributed by atoms with E-state index in [-0.39, 0.29) is 18.0 Å². The van der Waals surface area contributed by atoms with Gasteiger partial charge in [-0.05, 0) is 13.0 Å². The number of morpholine rings is 1. The summed E-state index contributed by atoms with van der Waals surface area (Å²) in [6.07, 6.45) is -5.24. The van der Waals surface area contributed by atoms with E-state index in [0.29, 0.717) is 18.9 Å². The number of halogens is 3. The topological polar surface area (TPSA) is 56.3 Å². The lowest BCUT2D eigenvalue weighted by Crippen LogP contribution is -2.42. The molecule has 0 amide bonds. The number of hydrogen-bond acceptors (Lipinski definition) is 5. The number of alkyl halides is 3. The Morgan fingerprint density at radius 2 is 2.15 bits per heavy atom. The standard InChI is InChI=1S/C12H16F3N3O2/c1-8-6-19-7-10(16-8)9-2-3-11(18-17-9)20-5-4-12(13,14)15/h2-3,8,10,16H,4-7H2,1H3/t8-,10-/m1/s1. The molecule has 0 bridgehead atoms. The molecule has 1 saturated heterocycles. The highest BCUT2D eigenvalue weighted by Crippen LogP contribution is 2.20. The van der Waals surface area contributed by atoms with Gasteiger partial charge in [-0.2, -0.15) is 18.3 Å². The van der Waals surface area contributed by atoms with Crippen molar-refractivity contribution in [1.29, 1.82) is 0 Å². The van der Waals surface area contributed by atoms with Crippen molar-refractivity contribution < 1.29 is 22.6 Å². The molecular weight excluding hydrogens is 275 g/mol. The van der Waals surface area contributed by atoms with E-state index in [9.17, 15) is 13.2 Å². The predicted molar refractivity (Wildman–Crippen MR) is 64.4 cm³/mol. The second-order valence-electron chi connectivity index (χ2n) is 4.67. The van der Waals surface area contributed by atoms with Crippen LogP contribution in [0.2, 0.25) is 0 Å². The van der Waals surface area contributed by atoms with Crippen LogP contribution in [0.3, 0.4) is 0 Å². The first-order valence-corrected chi connectivity index (χ1v) is 6.31. The maximum absolute atomic E-state index is 12.0. The summed E-state index contributed by atoms with van der Waals surface area (Å²) in [5, 5.41) is 11.0. The van der Waals surface area contributed by atoms with Crippen LogP contribution in [0.4, 0.5) is 13.2 Å². The number of nitrogens with zero attached hydrogens (tertiary/aromatic N) is 2. The quantitative estimate of drug-likeness (QED) is 0.917. The minimum atomic E-state index is -4.23. The van der Waals surface area contributed by atoms with Crippen molar-refractivity contribution >= 4 is 0 Å². The molecule has 5 nitrogen and oxygen atoms in total. The molecule has 0 saturated carbocycles. The number of hydrogen-bond donors (Lipinski definition) is 1. The molecule has 0 unspecified atom stereocenters. The second kappa shape index (κ2) is 6.36. The zero-order chi connectivity index (χ0) is 14.6. The molecule has 0 aromatic carbocycles. The molecule has 1 aromatic heterocycles. The van der Waals surface area contributed by atoms with Crippen LogP contribution in [-0.2, 0) is 4.74 Å². The first-order valence-electron chi connectivity index (χ1n) is 6.31. The zero-order valence-corrected chi connectivity index (χ0v) is 11.0. The van der Waals surface area contributed by atoms with E-state index >= 15 is 0 Å². The van der Waals surface area contributed by atoms with E-state index < -0.39 is 19.2 Å². The average Bonchev–Trinajstić information content (AvgIpc) is 2.38. The van der Waals surface area contributed by atoms with Crippen LogP contribution in [0, 0.1) is 0 Å². The summed E-state index contributed by atoms with van der Waals surface area (Å²) in [7, 11) is 0. The van der Waals surface area contributed by atoms with Gasteiger partial charge in [0.1, 0.15) is 0 Å². The first-order chi connectivity index (χ1) is 9.44. The van der Waals surface area contributed by atoms with Gasteiger partial charge < -0.3 is 14.8 Å². The second-order valence-corrected chi connectivity index (χ2v) is 4.67. The first kappa shape index (κ1) is 15.0. The highest BCUT2D eigenvalue weighted by atomic mass is 19.4. The molecule has 1 aliphatic heterocycles. The van der Waals surface area contributed by atoms with E-state index in [1.165, 1.54) is 6.07 Å². The monoisotopic (exact) mass is 291 g/mol. The Hall–Kier alpha value is -1.41. The van der Waals surface area contributed by atoms with E-state index in [1.807, 2.05) is 6.92 Å². The van der Waals surface area contributed by atoms with Crippen LogP contribution in [0.5, 0.6) is 5.88 Å². The Morgan fingerprint density at radius 3 is 2.75 bits per heavy atom. The lowest BCUT2D eigenvalue weighted by atomic mass is 10.1. The van der Waals surface area contributed by atoms with Gasteiger partial charge in [-0.25, -0.2) is 0 Å². The number of aromatic nitrogens is 2. The fraction of sp³-hybridized carbons (Fsp3) is 0.667. The van der Waals surface area contributed by atoms with Gasteiger partial charge in [0.25, 0.3) is 0 Å². The lowest BCUT2D eigenvalue weighted by Gasteiger charge is -2.28. The molecule has 112 valence electrons. The third-order valence-electron chi connectivity index (χ3n) is 2.79. The maximum atomic E-state index is 12.0. The smallest absolute Gasteiger partial charge is 0.392 e. The molecule has 0 aliphatic carbocycles. The SMILES string of the molecule is C[C@@H]1COC[C@H](c2ccc(OCCC(F)(F)F)nn2)N1. The van der Waals surface area contributed by atoms with Crippen LogP contribution in [-0.4, -0.2) is 42.2 Å². The van der Waals surface area contributed by atoms with Gasteiger partial charge in [-0.1, -0.05) is 0 Å². The van der Waals surface area contributed by atoms with Gasteiger partial charge >= 0.3 is 6.18 Å².